The first-order valence-electron chi connectivity index (χ1n) is 7.17. The van der Waals surface area contributed by atoms with Crippen LogP contribution in [0.2, 0.25) is 0 Å². The van der Waals surface area contributed by atoms with E-state index in [1.165, 1.54) is 11.1 Å². The summed E-state index contributed by atoms with van der Waals surface area (Å²) in [5, 5.41) is 10.8. The van der Waals surface area contributed by atoms with Crippen molar-refractivity contribution in [3.63, 3.8) is 0 Å². The molecule has 2 heterocycles. The molecule has 3 rings (SSSR count). The van der Waals surface area contributed by atoms with Gasteiger partial charge in [0.15, 0.2) is 0 Å². The predicted octanol–water partition coefficient (Wildman–Crippen LogP) is 2.85. The second-order valence-electron chi connectivity index (χ2n) is 5.51. The van der Waals surface area contributed by atoms with E-state index in [4.69, 9.17) is 0 Å². The van der Waals surface area contributed by atoms with Crippen molar-refractivity contribution in [3.05, 3.63) is 35.4 Å². The number of hydrogen-bond acceptors (Lipinski definition) is 4. The Bertz CT molecular complexity index is 585. The Labute approximate surface area is 119 Å². The van der Waals surface area contributed by atoms with Crippen LogP contribution in [0, 0.1) is 0 Å². The zero-order chi connectivity index (χ0) is 14.1. The van der Waals surface area contributed by atoms with Crippen LogP contribution < -0.4 is 10.6 Å². The monoisotopic (exact) mass is 271 g/mol. The largest absolute Gasteiger partial charge is 0.356 e. The van der Waals surface area contributed by atoms with E-state index < -0.39 is 0 Å². The second kappa shape index (κ2) is 5.15. The normalized spacial score (nSPS) is 17.7. The van der Waals surface area contributed by atoms with Crippen LogP contribution in [-0.2, 0) is 0 Å². The molecule has 1 aliphatic rings. The minimum atomic E-state index is 0.266. The van der Waals surface area contributed by atoms with Crippen LogP contribution in [0.4, 0.5) is 11.9 Å². The Hall–Kier alpha value is -2.04. The van der Waals surface area contributed by atoms with Gasteiger partial charge >= 0.3 is 0 Å². The van der Waals surface area contributed by atoms with Crippen molar-refractivity contribution >= 4 is 11.9 Å². The molecule has 20 heavy (non-hydrogen) atoms. The van der Waals surface area contributed by atoms with Crippen molar-refractivity contribution in [1.29, 1.82) is 0 Å². The molecule has 5 heteroatoms. The summed E-state index contributed by atoms with van der Waals surface area (Å²) < 4.78 is 1.99. The molecule has 0 saturated carbocycles. The van der Waals surface area contributed by atoms with E-state index in [2.05, 4.69) is 58.8 Å². The smallest absolute Gasteiger partial charge is 0.243 e. The van der Waals surface area contributed by atoms with Gasteiger partial charge in [0.1, 0.15) is 0 Å². The van der Waals surface area contributed by atoms with Gasteiger partial charge in [-0.05, 0) is 23.5 Å². The summed E-state index contributed by atoms with van der Waals surface area (Å²) >= 11 is 0. The number of nitrogens with zero attached hydrogens (tertiary/aromatic N) is 3. The molecule has 5 nitrogen and oxygen atoms in total. The van der Waals surface area contributed by atoms with Gasteiger partial charge in [-0.25, -0.2) is 4.68 Å². The third-order valence-electron chi connectivity index (χ3n) is 3.84. The Morgan fingerprint density at radius 3 is 2.70 bits per heavy atom. The standard InChI is InChI=1S/C15H21N5/c1-10(2)11-4-6-12(7-5-11)13-8-9-17-15-18-14(16-3)19-20(13)15/h4-7,10,13H,8-9H2,1-3H3,(H2,16,17,18,19). The van der Waals surface area contributed by atoms with Crippen LogP contribution in [0.1, 0.15) is 43.4 Å². The third kappa shape index (κ3) is 2.24. The fourth-order valence-corrected chi connectivity index (χ4v) is 2.62. The molecule has 0 fully saturated rings. The van der Waals surface area contributed by atoms with Crippen LogP contribution >= 0.6 is 0 Å². The van der Waals surface area contributed by atoms with Gasteiger partial charge in [-0.1, -0.05) is 38.1 Å². The lowest BCUT2D eigenvalue weighted by Gasteiger charge is -2.24. The van der Waals surface area contributed by atoms with E-state index in [1.807, 2.05) is 11.7 Å². The molecule has 2 N–H and O–H groups in total. The van der Waals surface area contributed by atoms with E-state index in [-0.39, 0.29) is 6.04 Å². The summed E-state index contributed by atoms with van der Waals surface area (Å²) in [7, 11) is 1.84. The molecule has 0 spiro atoms. The first-order chi connectivity index (χ1) is 9.69. The highest BCUT2D eigenvalue weighted by Gasteiger charge is 2.24. The SMILES string of the molecule is CNc1nc2n(n1)C(c1ccc(C(C)C)cc1)CCN2. The molecule has 0 saturated heterocycles. The molecule has 1 aliphatic heterocycles. The lowest BCUT2D eigenvalue weighted by Crippen LogP contribution is -2.24. The van der Waals surface area contributed by atoms with Crippen molar-refractivity contribution < 1.29 is 0 Å². The van der Waals surface area contributed by atoms with Gasteiger partial charge < -0.3 is 10.6 Å². The molecule has 1 aromatic heterocycles. The Morgan fingerprint density at radius 2 is 2.05 bits per heavy atom. The van der Waals surface area contributed by atoms with Crippen LogP contribution in [0.15, 0.2) is 24.3 Å². The lowest BCUT2D eigenvalue weighted by atomic mass is 9.97. The summed E-state index contributed by atoms with van der Waals surface area (Å²) in [5.41, 5.74) is 2.67. The second-order valence-corrected chi connectivity index (χ2v) is 5.51. The van der Waals surface area contributed by atoms with Crippen molar-refractivity contribution in [2.45, 2.75) is 32.2 Å². The first kappa shape index (κ1) is 13.0. The van der Waals surface area contributed by atoms with E-state index in [0.29, 0.717) is 11.9 Å². The lowest BCUT2D eigenvalue weighted by molar-refractivity contribution is 0.481. The van der Waals surface area contributed by atoms with Crippen molar-refractivity contribution in [3.8, 4) is 0 Å². The maximum Gasteiger partial charge on any atom is 0.243 e. The number of rotatable bonds is 3. The van der Waals surface area contributed by atoms with Crippen molar-refractivity contribution in [2.24, 2.45) is 0 Å². The number of fused-ring (bicyclic) bond motifs is 1. The molecule has 0 aliphatic carbocycles. The fourth-order valence-electron chi connectivity index (χ4n) is 2.62. The first-order valence-corrected chi connectivity index (χ1v) is 7.17. The Kier molecular flexibility index (Phi) is 3.34. The molecule has 1 aromatic carbocycles. The van der Waals surface area contributed by atoms with Gasteiger partial charge in [-0.3, -0.25) is 0 Å². The number of hydrogen-bond donors (Lipinski definition) is 2. The Morgan fingerprint density at radius 1 is 1.30 bits per heavy atom. The maximum atomic E-state index is 4.52. The molecule has 2 aromatic rings. The van der Waals surface area contributed by atoms with Crippen LogP contribution in [0.25, 0.3) is 0 Å². The Balaban J connectivity index is 1.93. The zero-order valence-corrected chi connectivity index (χ0v) is 12.2. The van der Waals surface area contributed by atoms with E-state index in [1.54, 1.807) is 0 Å². The average Bonchev–Trinajstić information content (AvgIpc) is 2.90. The highest BCUT2D eigenvalue weighted by molar-refractivity contribution is 5.39. The predicted molar refractivity (Wildman–Crippen MR) is 81.3 cm³/mol. The topological polar surface area (TPSA) is 54.8 Å². The maximum absolute atomic E-state index is 4.52. The van der Waals surface area contributed by atoms with Crippen LogP contribution in [0.5, 0.6) is 0 Å². The third-order valence-corrected chi connectivity index (χ3v) is 3.84. The molecular formula is C15H21N5. The van der Waals surface area contributed by atoms with Gasteiger partial charge in [-0.15, -0.1) is 5.10 Å². The molecule has 106 valence electrons. The van der Waals surface area contributed by atoms with Gasteiger partial charge in [0.25, 0.3) is 0 Å². The highest BCUT2D eigenvalue weighted by atomic mass is 15.5. The molecule has 1 unspecified atom stereocenters. The number of benzene rings is 1. The summed E-state index contributed by atoms with van der Waals surface area (Å²) in [6.45, 7) is 5.36. The summed E-state index contributed by atoms with van der Waals surface area (Å²) in [5.74, 6) is 2.08. The average molecular weight is 271 g/mol. The van der Waals surface area contributed by atoms with Gasteiger partial charge in [0.2, 0.25) is 11.9 Å². The number of nitrogens with one attached hydrogen (secondary N) is 2. The fraction of sp³-hybridized carbons (Fsp3) is 0.467. The molecule has 1 atom stereocenters. The summed E-state index contributed by atoms with van der Waals surface area (Å²) in [6.07, 6.45) is 1.03. The van der Waals surface area contributed by atoms with Gasteiger partial charge in [0.05, 0.1) is 6.04 Å². The zero-order valence-electron chi connectivity index (χ0n) is 12.2. The quantitative estimate of drug-likeness (QED) is 0.901. The van der Waals surface area contributed by atoms with Gasteiger partial charge in [-0.2, -0.15) is 4.98 Å². The highest BCUT2D eigenvalue weighted by Crippen LogP contribution is 2.29. The minimum Gasteiger partial charge on any atom is -0.356 e. The summed E-state index contributed by atoms with van der Waals surface area (Å²) in [4.78, 5) is 4.42. The van der Waals surface area contributed by atoms with Crippen molar-refractivity contribution in [2.75, 3.05) is 24.2 Å². The molecular weight excluding hydrogens is 250 g/mol. The number of anilines is 2. The van der Waals surface area contributed by atoms with E-state index in [9.17, 15) is 0 Å². The van der Waals surface area contributed by atoms with E-state index >= 15 is 0 Å². The molecule has 0 radical (unpaired) electrons. The van der Waals surface area contributed by atoms with E-state index in [0.717, 1.165) is 18.9 Å². The molecule has 0 bridgehead atoms. The summed E-state index contributed by atoms with van der Waals surface area (Å²) in [6, 6.07) is 9.14. The number of aromatic nitrogens is 3. The molecule has 0 amide bonds. The van der Waals surface area contributed by atoms with Gasteiger partial charge in [0, 0.05) is 13.6 Å². The van der Waals surface area contributed by atoms with Crippen molar-refractivity contribution in [1.82, 2.24) is 14.8 Å². The van der Waals surface area contributed by atoms with Crippen LogP contribution in [-0.4, -0.2) is 28.4 Å². The van der Waals surface area contributed by atoms with Crippen LogP contribution in [0.3, 0.4) is 0 Å². The minimum absolute atomic E-state index is 0.266.